The number of carbonyl (C=O) groups is 3. The Morgan fingerprint density at radius 1 is 1.03 bits per heavy atom. The molecule has 3 amide bonds. The average molecular weight is 445 g/mol. The van der Waals surface area contributed by atoms with Gasteiger partial charge in [0.15, 0.2) is 0 Å². The second kappa shape index (κ2) is 8.02. The van der Waals surface area contributed by atoms with Crippen LogP contribution < -0.4 is 10.6 Å². The third-order valence-corrected chi connectivity index (χ3v) is 7.93. The number of amides is 3. The number of rotatable bonds is 4. The third kappa shape index (κ3) is 3.45. The Labute approximate surface area is 190 Å². The van der Waals surface area contributed by atoms with E-state index in [0.29, 0.717) is 29.8 Å². The molecule has 5 nitrogen and oxygen atoms in total. The van der Waals surface area contributed by atoms with Crippen molar-refractivity contribution >= 4 is 34.7 Å². The molecule has 0 radical (unpaired) electrons. The topological polar surface area (TPSA) is 75.3 Å². The number of anilines is 1. The summed E-state index contributed by atoms with van der Waals surface area (Å²) in [5, 5.41) is 5.46. The molecule has 1 aliphatic carbocycles. The minimum Gasteiger partial charge on any atom is -0.321 e. The highest BCUT2D eigenvalue weighted by Gasteiger charge is 2.42. The summed E-state index contributed by atoms with van der Waals surface area (Å²) in [7, 11) is 0. The molecule has 1 aromatic heterocycles. The predicted octanol–water partition coefficient (Wildman–Crippen LogP) is 4.85. The number of benzene rings is 2. The van der Waals surface area contributed by atoms with E-state index in [9.17, 15) is 14.4 Å². The van der Waals surface area contributed by atoms with Crippen molar-refractivity contribution in [3.63, 3.8) is 0 Å². The molecule has 1 fully saturated rings. The lowest BCUT2D eigenvalue weighted by atomic mass is 9.72. The average Bonchev–Trinajstić information content (AvgIpc) is 3.25. The Balaban J connectivity index is 1.35. The Morgan fingerprint density at radius 2 is 1.78 bits per heavy atom. The van der Waals surface area contributed by atoms with Crippen LogP contribution in [0, 0.1) is 0 Å². The summed E-state index contributed by atoms with van der Waals surface area (Å²) in [5.41, 5.74) is 4.66. The zero-order valence-corrected chi connectivity index (χ0v) is 18.7. The predicted molar refractivity (Wildman–Crippen MR) is 126 cm³/mol. The molecular formula is C26H24N2O3S. The van der Waals surface area contributed by atoms with Crippen molar-refractivity contribution in [2.24, 2.45) is 0 Å². The first-order valence-electron chi connectivity index (χ1n) is 11.0. The van der Waals surface area contributed by atoms with Gasteiger partial charge in [-0.15, -0.1) is 11.3 Å². The molecule has 5 rings (SSSR count). The van der Waals surface area contributed by atoms with E-state index in [-0.39, 0.29) is 17.7 Å². The molecule has 2 aliphatic rings. The van der Waals surface area contributed by atoms with Gasteiger partial charge in [-0.1, -0.05) is 43.3 Å². The number of hydrogen-bond acceptors (Lipinski definition) is 4. The van der Waals surface area contributed by atoms with Crippen LogP contribution in [0.1, 0.15) is 52.5 Å². The van der Waals surface area contributed by atoms with E-state index in [0.717, 1.165) is 18.4 Å². The van der Waals surface area contributed by atoms with Crippen molar-refractivity contribution in [1.82, 2.24) is 5.32 Å². The number of thiophene rings is 1. The molecule has 1 unspecified atom stereocenters. The first-order valence-corrected chi connectivity index (χ1v) is 11.8. The summed E-state index contributed by atoms with van der Waals surface area (Å²) in [4.78, 5) is 39.0. The summed E-state index contributed by atoms with van der Waals surface area (Å²) in [6.45, 7) is 1.96. The molecule has 0 spiro atoms. The molecule has 2 heterocycles. The van der Waals surface area contributed by atoms with Gasteiger partial charge < -0.3 is 5.32 Å². The van der Waals surface area contributed by atoms with E-state index >= 15 is 0 Å². The standard InChI is InChI=1S/C26H24N2O3S/c1-2-26(14-13-22(29)28-25(26)31)18-9-11-19(12-10-18)27-24(30)21-15-17-8-7-16-5-3-4-6-20(16)23(17)32-21/h3-6,9-12,15H,2,7-8,13-14H2,1H3,(H,27,30)(H,28,29,31). The molecule has 2 N–H and O–H groups in total. The van der Waals surface area contributed by atoms with Crippen molar-refractivity contribution in [2.75, 3.05) is 5.32 Å². The van der Waals surface area contributed by atoms with Gasteiger partial charge in [0.2, 0.25) is 11.8 Å². The van der Waals surface area contributed by atoms with Crippen molar-refractivity contribution in [1.29, 1.82) is 0 Å². The van der Waals surface area contributed by atoms with Crippen LogP contribution in [0.5, 0.6) is 0 Å². The fourth-order valence-electron chi connectivity index (χ4n) is 4.81. The molecule has 6 heteroatoms. The van der Waals surface area contributed by atoms with Crippen LogP contribution in [0.3, 0.4) is 0 Å². The molecule has 3 aromatic rings. The van der Waals surface area contributed by atoms with Gasteiger partial charge in [0.05, 0.1) is 10.3 Å². The molecule has 1 atom stereocenters. The van der Waals surface area contributed by atoms with E-state index < -0.39 is 5.41 Å². The Bertz CT molecular complexity index is 1230. The Kier molecular flexibility index (Phi) is 5.18. The van der Waals surface area contributed by atoms with Crippen LogP contribution in [0.4, 0.5) is 5.69 Å². The van der Waals surface area contributed by atoms with Crippen LogP contribution in [-0.2, 0) is 27.8 Å². The van der Waals surface area contributed by atoms with E-state index in [1.165, 1.54) is 32.9 Å². The van der Waals surface area contributed by atoms with Crippen molar-refractivity contribution < 1.29 is 14.4 Å². The zero-order chi connectivity index (χ0) is 22.3. The number of fused-ring (bicyclic) bond motifs is 3. The minimum absolute atomic E-state index is 0.124. The van der Waals surface area contributed by atoms with Gasteiger partial charge in [0.1, 0.15) is 0 Å². The SMILES string of the molecule is CCC1(c2ccc(NC(=O)c3cc4c(s3)-c3ccccc3CC4)cc2)CCC(=O)NC1=O. The van der Waals surface area contributed by atoms with Gasteiger partial charge in [-0.05, 0) is 66.1 Å². The molecule has 162 valence electrons. The lowest BCUT2D eigenvalue weighted by Gasteiger charge is -2.35. The summed E-state index contributed by atoms with van der Waals surface area (Å²) < 4.78 is 0. The maximum atomic E-state index is 12.9. The van der Waals surface area contributed by atoms with Crippen LogP contribution in [0.15, 0.2) is 54.6 Å². The highest BCUT2D eigenvalue weighted by Crippen LogP contribution is 2.40. The molecule has 1 aliphatic heterocycles. The lowest BCUT2D eigenvalue weighted by Crippen LogP contribution is -2.51. The highest BCUT2D eigenvalue weighted by atomic mass is 32.1. The van der Waals surface area contributed by atoms with E-state index in [4.69, 9.17) is 0 Å². The maximum Gasteiger partial charge on any atom is 0.265 e. The van der Waals surface area contributed by atoms with Gasteiger partial charge in [0.25, 0.3) is 5.91 Å². The van der Waals surface area contributed by atoms with Crippen LogP contribution in [0.2, 0.25) is 0 Å². The van der Waals surface area contributed by atoms with Crippen LogP contribution >= 0.6 is 11.3 Å². The van der Waals surface area contributed by atoms with Gasteiger partial charge in [-0.2, -0.15) is 0 Å². The molecule has 32 heavy (non-hydrogen) atoms. The molecular weight excluding hydrogens is 420 g/mol. The van der Waals surface area contributed by atoms with Crippen LogP contribution in [-0.4, -0.2) is 17.7 Å². The summed E-state index contributed by atoms with van der Waals surface area (Å²) in [6.07, 6.45) is 3.40. The number of carbonyl (C=O) groups excluding carboxylic acids is 3. The fraction of sp³-hybridized carbons (Fsp3) is 0.269. The molecule has 0 bridgehead atoms. The first-order chi connectivity index (χ1) is 15.5. The Hall–Kier alpha value is -3.25. The molecule has 1 saturated heterocycles. The molecule has 2 aromatic carbocycles. The van der Waals surface area contributed by atoms with Gasteiger partial charge in [-0.25, -0.2) is 0 Å². The van der Waals surface area contributed by atoms with Gasteiger partial charge >= 0.3 is 0 Å². The summed E-state index contributed by atoms with van der Waals surface area (Å²) in [6, 6.07) is 17.8. The van der Waals surface area contributed by atoms with Gasteiger partial charge in [0, 0.05) is 17.0 Å². The number of hydrogen-bond donors (Lipinski definition) is 2. The van der Waals surface area contributed by atoms with Crippen LogP contribution in [0.25, 0.3) is 10.4 Å². The summed E-state index contributed by atoms with van der Waals surface area (Å²) >= 11 is 1.54. The van der Waals surface area contributed by atoms with Crippen molar-refractivity contribution in [3.05, 3.63) is 76.2 Å². The second-order valence-electron chi connectivity index (χ2n) is 8.47. The number of piperidine rings is 1. The quantitative estimate of drug-likeness (QED) is 0.565. The monoisotopic (exact) mass is 444 g/mol. The first kappa shape index (κ1) is 20.6. The minimum atomic E-state index is -0.698. The van der Waals surface area contributed by atoms with Crippen molar-refractivity contribution in [2.45, 2.75) is 44.4 Å². The van der Waals surface area contributed by atoms with Crippen molar-refractivity contribution in [3.8, 4) is 10.4 Å². The lowest BCUT2D eigenvalue weighted by molar-refractivity contribution is -0.138. The van der Waals surface area contributed by atoms with E-state index in [2.05, 4.69) is 28.8 Å². The Morgan fingerprint density at radius 3 is 2.53 bits per heavy atom. The smallest absolute Gasteiger partial charge is 0.265 e. The van der Waals surface area contributed by atoms with E-state index in [1.807, 2.05) is 43.3 Å². The highest BCUT2D eigenvalue weighted by molar-refractivity contribution is 7.17. The zero-order valence-electron chi connectivity index (χ0n) is 17.9. The number of nitrogens with one attached hydrogen (secondary N) is 2. The summed E-state index contributed by atoms with van der Waals surface area (Å²) in [5.74, 6) is -0.581. The van der Waals surface area contributed by atoms with Gasteiger partial charge in [-0.3, -0.25) is 19.7 Å². The molecule has 0 saturated carbocycles. The number of aryl methyl sites for hydroxylation is 2. The fourth-order valence-corrected chi connectivity index (χ4v) is 5.98. The third-order valence-electron chi connectivity index (χ3n) is 6.72. The normalized spacial score (nSPS) is 19.7. The number of imide groups is 1. The maximum absolute atomic E-state index is 12.9. The van der Waals surface area contributed by atoms with E-state index in [1.54, 1.807) is 0 Å². The second-order valence-corrected chi connectivity index (χ2v) is 9.52. The largest absolute Gasteiger partial charge is 0.321 e.